The number of rotatable bonds is 17. The van der Waals surface area contributed by atoms with Crippen molar-refractivity contribution in [1.82, 2.24) is 0 Å². The Kier molecular flexibility index (Phi) is 13.0. The smallest absolute Gasteiger partial charge is 0.119 e. The molecule has 0 bridgehead atoms. The van der Waals surface area contributed by atoms with Crippen molar-refractivity contribution in [2.24, 2.45) is 11.8 Å². The van der Waals surface area contributed by atoms with Crippen LogP contribution in [0.1, 0.15) is 88.3 Å². The zero-order valence-electron chi connectivity index (χ0n) is 24.6. The van der Waals surface area contributed by atoms with Crippen LogP contribution in [-0.2, 0) is 12.8 Å². The minimum atomic E-state index is -0.670. The highest BCUT2D eigenvalue weighted by atomic mass is 19.1. The van der Waals surface area contributed by atoms with Crippen molar-refractivity contribution in [2.75, 3.05) is 13.3 Å². The molecule has 1 aromatic carbocycles. The summed E-state index contributed by atoms with van der Waals surface area (Å²) in [6, 6.07) is 6.81. The number of allylic oxidation sites excluding steroid dienone is 12. The van der Waals surface area contributed by atoms with Crippen molar-refractivity contribution >= 4 is 5.57 Å². The Labute approximate surface area is 240 Å². The van der Waals surface area contributed by atoms with Crippen LogP contribution in [0.3, 0.4) is 0 Å². The summed E-state index contributed by atoms with van der Waals surface area (Å²) in [6.45, 7) is 10.9. The highest BCUT2D eigenvalue weighted by molar-refractivity contribution is 5.67. The number of hydrogen-bond acceptors (Lipinski definition) is 0. The van der Waals surface area contributed by atoms with E-state index in [1.54, 1.807) is 6.08 Å². The van der Waals surface area contributed by atoms with Gasteiger partial charge in [-0.15, -0.1) is 0 Å². The van der Waals surface area contributed by atoms with Gasteiger partial charge in [-0.1, -0.05) is 114 Å². The van der Waals surface area contributed by atoms with E-state index in [2.05, 4.69) is 69.5 Å². The summed E-state index contributed by atoms with van der Waals surface area (Å²) in [5.41, 5.74) is 8.48. The average molecular weight is 549 g/mol. The molecule has 3 heteroatoms. The Balaban J connectivity index is 1.68. The number of benzene rings is 1. The molecule has 0 aromatic heterocycles. The molecule has 2 aliphatic carbocycles. The number of halogens is 3. The van der Waals surface area contributed by atoms with Gasteiger partial charge in [0.05, 0.1) is 6.67 Å². The van der Waals surface area contributed by atoms with Crippen LogP contribution in [0.5, 0.6) is 0 Å². The van der Waals surface area contributed by atoms with Gasteiger partial charge >= 0.3 is 0 Å². The first kappa shape index (κ1) is 31.7. The fraction of sp³-hybridized carbons (Fsp3) is 0.459. The standard InChI is InChI=1S/C37H47F3/c1-5-7-8-9-10-11-13-27(3)34-19-16-29(24-30(34)6-2)25-32-14-12-15-37-35(32)20-21-36(37)33(26-39)18-17-31(22-23-38)28(4)40/h12,14-20,24,36-37H,3-11,13,21-23,25-26H2,1-2H3/b31-17-,33-18+. The summed E-state index contributed by atoms with van der Waals surface area (Å²) in [6.07, 6.45) is 23.0. The lowest BCUT2D eigenvalue weighted by Gasteiger charge is -2.25. The van der Waals surface area contributed by atoms with E-state index >= 15 is 0 Å². The third kappa shape index (κ3) is 8.59. The molecule has 3 rings (SSSR count). The van der Waals surface area contributed by atoms with Crippen LogP contribution in [0.15, 0.2) is 95.9 Å². The summed E-state index contributed by atoms with van der Waals surface area (Å²) in [4.78, 5) is 0. The van der Waals surface area contributed by atoms with Gasteiger partial charge < -0.3 is 0 Å². The van der Waals surface area contributed by atoms with Gasteiger partial charge in [0, 0.05) is 12.3 Å². The monoisotopic (exact) mass is 548 g/mol. The number of hydrogen-bond donors (Lipinski definition) is 0. The Bertz CT molecular complexity index is 1170. The molecule has 216 valence electrons. The van der Waals surface area contributed by atoms with Crippen molar-refractivity contribution in [3.63, 3.8) is 0 Å². The average Bonchev–Trinajstić information content (AvgIpc) is 3.39. The Hall–Kier alpha value is -2.81. The van der Waals surface area contributed by atoms with E-state index in [1.807, 2.05) is 0 Å². The van der Waals surface area contributed by atoms with E-state index in [-0.39, 0.29) is 23.8 Å². The molecule has 0 nitrogen and oxygen atoms in total. The van der Waals surface area contributed by atoms with Crippen LogP contribution in [0.4, 0.5) is 13.2 Å². The van der Waals surface area contributed by atoms with Crippen molar-refractivity contribution in [3.8, 4) is 0 Å². The van der Waals surface area contributed by atoms with Gasteiger partial charge in [0.2, 0.25) is 0 Å². The maximum absolute atomic E-state index is 14.1. The molecule has 0 radical (unpaired) electrons. The van der Waals surface area contributed by atoms with Crippen LogP contribution in [0.25, 0.3) is 5.57 Å². The highest BCUT2D eigenvalue weighted by Crippen LogP contribution is 2.44. The first-order valence-electron chi connectivity index (χ1n) is 15.2. The molecular weight excluding hydrogens is 501 g/mol. The van der Waals surface area contributed by atoms with E-state index in [4.69, 9.17) is 0 Å². The van der Waals surface area contributed by atoms with Gasteiger partial charge in [0.15, 0.2) is 0 Å². The first-order valence-corrected chi connectivity index (χ1v) is 15.2. The molecule has 0 heterocycles. The molecule has 1 aromatic rings. The van der Waals surface area contributed by atoms with Crippen LogP contribution in [0, 0.1) is 11.8 Å². The van der Waals surface area contributed by atoms with Crippen molar-refractivity contribution in [2.45, 2.75) is 84.5 Å². The lowest BCUT2D eigenvalue weighted by atomic mass is 9.79. The quantitative estimate of drug-likeness (QED) is 0.134. The van der Waals surface area contributed by atoms with Crippen molar-refractivity contribution in [1.29, 1.82) is 0 Å². The molecular formula is C37H47F3. The summed E-state index contributed by atoms with van der Waals surface area (Å²) in [7, 11) is 0. The zero-order valence-corrected chi connectivity index (χ0v) is 24.6. The van der Waals surface area contributed by atoms with Crippen LogP contribution >= 0.6 is 0 Å². The van der Waals surface area contributed by atoms with E-state index in [1.165, 1.54) is 78.0 Å². The maximum Gasteiger partial charge on any atom is 0.119 e. The lowest BCUT2D eigenvalue weighted by molar-refractivity contribution is 0.459. The molecule has 0 amide bonds. The summed E-state index contributed by atoms with van der Waals surface area (Å²) >= 11 is 0. The second-order valence-corrected chi connectivity index (χ2v) is 11.2. The molecule has 0 saturated heterocycles. The number of alkyl halides is 2. The molecule has 0 aliphatic heterocycles. The van der Waals surface area contributed by atoms with Gasteiger partial charge in [-0.3, -0.25) is 4.39 Å². The molecule has 0 spiro atoms. The third-order valence-corrected chi connectivity index (χ3v) is 8.37. The highest BCUT2D eigenvalue weighted by Gasteiger charge is 2.33. The molecule has 40 heavy (non-hydrogen) atoms. The minimum absolute atomic E-state index is 0.0189. The SMILES string of the molecule is C=C(F)/C(=C\C=C(/CF)C1CC=C2C(Cc3ccc(C(=C)CCCCCCCC)c(CC)c3)=CC=CC21)CCF. The number of fused-ring (bicyclic) bond motifs is 1. The molecule has 2 aliphatic rings. The summed E-state index contributed by atoms with van der Waals surface area (Å²) in [5.74, 6) is -0.589. The van der Waals surface area contributed by atoms with E-state index < -0.39 is 19.2 Å². The van der Waals surface area contributed by atoms with E-state index in [9.17, 15) is 13.2 Å². The fourth-order valence-corrected chi connectivity index (χ4v) is 6.02. The second kappa shape index (κ2) is 16.5. The third-order valence-electron chi connectivity index (χ3n) is 8.37. The minimum Gasteiger partial charge on any atom is -0.251 e. The van der Waals surface area contributed by atoms with Gasteiger partial charge in [0.25, 0.3) is 0 Å². The molecule has 2 unspecified atom stereocenters. The predicted octanol–water partition coefficient (Wildman–Crippen LogP) is 11.3. The second-order valence-electron chi connectivity index (χ2n) is 11.2. The van der Waals surface area contributed by atoms with Gasteiger partial charge in [-0.2, -0.15) is 0 Å². The van der Waals surface area contributed by atoms with Gasteiger partial charge in [-0.25, -0.2) is 8.78 Å². The number of unbranched alkanes of at least 4 members (excludes halogenated alkanes) is 5. The molecule has 0 N–H and O–H groups in total. The Morgan fingerprint density at radius 3 is 2.48 bits per heavy atom. The molecule has 2 atom stereocenters. The van der Waals surface area contributed by atoms with E-state index in [0.29, 0.717) is 5.57 Å². The van der Waals surface area contributed by atoms with Crippen LogP contribution in [0.2, 0.25) is 0 Å². The first-order chi connectivity index (χ1) is 19.4. The van der Waals surface area contributed by atoms with Crippen LogP contribution in [-0.4, -0.2) is 13.3 Å². The summed E-state index contributed by atoms with van der Waals surface area (Å²) < 4.78 is 40.6. The van der Waals surface area contributed by atoms with Crippen molar-refractivity contribution < 1.29 is 13.2 Å². The summed E-state index contributed by atoms with van der Waals surface area (Å²) in [5, 5.41) is 0. The Morgan fingerprint density at radius 2 is 1.77 bits per heavy atom. The maximum atomic E-state index is 14.1. The van der Waals surface area contributed by atoms with Crippen LogP contribution < -0.4 is 0 Å². The lowest BCUT2D eigenvalue weighted by Crippen LogP contribution is -2.16. The predicted molar refractivity (Wildman–Crippen MR) is 166 cm³/mol. The molecule has 0 fully saturated rings. The number of aryl methyl sites for hydroxylation is 1. The Morgan fingerprint density at radius 1 is 1.00 bits per heavy atom. The van der Waals surface area contributed by atoms with Crippen molar-refractivity contribution in [3.05, 3.63) is 113 Å². The zero-order chi connectivity index (χ0) is 28.9. The van der Waals surface area contributed by atoms with Gasteiger partial charge in [-0.05, 0) is 82.6 Å². The normalized spacial score (nSPS) is 18.9. The molecule has 0 saturated carbocycles. The largest absolute Gasteiger partial charge is 0.251 e. The topological polar surface area (TPSA) is 0 Å². The van der Waals surface area contributed by atoms with Gasteiger partial charge in [0.1, 0.15) is 12.5 Å². The van der Waals surface area contributed by atoms with E-state index in [0.717, 1.165) is 25.7 Å². The fourth-order valence-electron chi connectivity index (χ4n) is 6.02.